The Balaban J connectivity index is 2.70. The summed E-state index contributed by atoms with van der Waals surface area (Å²) in [6, 6.07) is 6.62. The molecule has 1 atom stereocenters. The van der Waals surface area contributed by atoms with E-state index in [0.717, 1.165) is 12.8 Å². The monoisotopic (exact) mass is 336 g/mol. The van der Waals surface area contributed by atoms with Gasteiger partial charge < -0.3 is 14.9 Å². The van der Waals surface area contributed by atoms with Gasteiger partial charge in [0.05, 0.1) is 18.1 Å². The summed E-state index contributed by atoms with van der Waals surface area (Å²) < 4.78 is 4.99. The summed E-state index contributed by atoms with van der Waals surface area (Å²) in [5.41, 5.74) is 0.756. The Labute approximate surface area is 141 Å². The highest BCUT2D eigenvalue weighted by Crippen LogP contribution is 2.27. The van der Waals surface area contributed by atoms with E-state index < -0.39 is 23.8 Å². The highest BCUT2D eigenvalue weighted by molar-refractivity contribution is 5.93. The van der Waals surface area contributed by atoms with Gasteiger partial charge in [-0.05, 0) is 31.4 Å². The number of aliphatic carboxylic acids is 2. The average molecular weight is 336 g/mol. The molecule has 0 bridgehead atoms. The van der Waals surface area contributed by atoms with Crippen LogP contribution in [-0.2, 0) is 14.3 Å². The number of ether oxygens (including phenoxy) is 1. The van der Waals surface area contributed by atoms with Gasteiger partial charge in [0.1, 0.15) is 0 Å². The van der Waals surface area contributed by atoms with Gasteiger partial charge in [0.15, 0.2) is 0 Å². The van der Waals surface area contributed by atoms with Gasteiger partial charge in [-0.3, -0.25) is 9.59 Å². The van der Waals surface area contributed by atoms with Crippen LogP contribution in [0.2, 0.25) is 0 Å². The van der Waals surface area contributed by atoms with Gasteiger partial charge in [0, 0.05) is 6.42 Å². The van der Waals surface area contributed by atoms with Crippen molar-refractivity contribution in [2.75, 3.05) is 6.61 Å². The number of hydrogen-bond donors (Lipinski definition) is 2. The van der Waals surface area contributed by atoms with E-state index in [-0.39, 0.29) is 18.6 Å². The smallest absolute Gasteiger partial charge is 0.338 e. The number of carbonyl (C=O) groups is 3. The van der Waals surface area contributed by atoms with Gasteiger partial charge >= 0.3 is 17.9 Å². The molecule has 0 spiro atoms. The van der Waals surface area contributed by atoms with Crippen molar-refractivity contribution in [3.05, 3.63) is 35.4 Å². The van der Waals surface area contributed by atoms with Crippen molar-refractivity contribution in [2.45, 2.75) is 51.4 Å². The first kappa shape index (κ1) is 19.7. The lowest BCUT2D eigenvalue weighted by Gasteiger charge is -2.16. The van der Waals surface area contributed by atoms with Crippen molar-refractivity contribution in [1.82, 2.24) is 0 Å². The maximum atomic E-state index is 12.0. The third-order valence-corrected chi connectivity index (χ3v) is 3.76. The molecular weight excluding hydrogens is 312 g/mol. The van der Waals surface area contributed by atoms with E-state index in [1.807, 2.05) is 0 Å². The number of carbonyl (C=O) groups excluding carboxylic acids is 1. The third-order valence-electron chi connectivity index (χ3n) is 3.76. The second kappa shape index (κ2) is 10.4. The van der Waals surface area contributed by atoms with E-state index in [9.17, 15) is 19.5 Å². The zero-order valence-electron chi connectivity index (χ0n) is 13.9. The molecule has 24 heavy (non-hydrogen) atoms. The summed E-state index contributed by atoms with van der Waals surface area (Å²) in [5.74, 6) is -3.08. The first-order valence-electron chi connectivity index (χ1n) is 8.18. The van der Waals surface area contributed by atoms with Crippen LogP contribution in [0.4, 0.5) is 0 Å². The fourth-order valence-corrected chi connectivity index (χ4v) is 2.59. The fraction of sp³-hybridized carbons (Fsp3) is 0.500. The zero-order valence-corrected chi connectivity index (χ0v) is 13.9. The van der Waals surface area contributed by atoms with E-state index >= 15 is 0 Å². The fourth-order valence-electron chi connectivity index (χ4n) is 2.59. The van der Waals surface area contributed by atoms with E-state index in [1.54, 1.807) is 31.2 Å². The van der Waals surface area contributed by atoms with Crippen LogP contribution in [0.15, 0.2) is 24.3 Å². The summed E-state index contributed by atoms with van der Waals surface area (Å²) in [5, 5.41) is 18.1. The van der Waals surface area contributed by atoms with Crippen molar-refractivity contribution in [3.63, 3.8) is 0 Å². The number of hydrogen-bond acceptors (Lipinski definition) is 4. The van der Waals surface area contributed by atoms with Crippen molar-refractivity contribution < 1.29 is 29.3 Å². The van der Waals surface area contributed by atoms with Gasteiger partial charge in [-0.2, -0.15) is 0 Å². The minimum absolute atomic E-state index is 0.133. The normalized spacial score (nSPS) is 11.7. The maximum Gasteiger partial charge on any atom is 0.338 e. The zero-order chi connectivity index (χ0) is 17.9. The first-order chi connectivity index (χ1) is 11.5. The molecule has 2 N–H and O–H groups in total. The topological polar surface area (TPSA) is 101 Å². The van der Waals surface area contributed by atoms with E-state index in [2.05, 4.69) is 0 Å². The minimum Gasteiger partial charge on any atom is -0.481 e. The molecule has 0 aliphatic rings. The van der Waals surface area contributed by atoms with Gasteiger partial charge in [0.25, 0.3) is 0 Å². The Hall–Kier alpha value is -2.37. The van der Waals surface area contributed by atoms with Crippen LogP contribution in [0.5, 0.6) is 0 Å². The number of carboxylic acids is 2. The Kier molecular flexibility index (Phi) is 8.54. The lowest BCUT2D eigenvalue weighted by Crippen LogP contribution is -2.17. The number of esters is 1. The Morgan fingerprint density at radius 2 is 1.71 bits per heavy atom. The number of rotatable bonds is 11. The summed E-state index contributed by atoms with van der Waals surface area (Å²) in [7, 11) is 0. The van der Waals surface area contributed by atoms with Gasteiger partial charge in [-0.15, -0.1) is 0 Å². The number of carboxylic acid groups (broad SMARTS) is 2. The molecule has 1 aromatic carbocycles. The molecule has 0 saturated carbocycles. The second-order valence-electron chi connectivity index (χ2n) is 5.55. The van der Waals surface area contributed by atoms with Crippen molar-refractivity contribution in [2.24, 2.45) is 0 Å². The van der Waals surface area contributed by atoms with Gasteiger partial charge in [0.2, 0.25) is 0 Å². The first-order valence-corrected chi connectivity index (χ1v) is 8.18. The molecule has 132 valence electrons. The molecule has 0 amide bonds. The van der Waals surface area contributed by atoms with Crippen LogP contribution in [0, 0.1) is 0 Å². The second-order valence-corrected chi connectivity index (χ2v) is 5.55. The van der Waals surface area contributed by atoms with Crippen LogP contribution in [0.3, 0.4) is 0 Å². The molecule has 6 heteroatoms. The third kappa shape index (κ3) is 6.40. The predicted octanol–water partition coefficient (Wildman–Crippen LogP) is 3.46. The van der Waals surface area contributed by atoms with Crippen molar-refractivity contribution >= 4 is 17.9 Å². The van der Waals surface area contributed by atoms with Crippen LogP contribution < -0.4 is 0 Å². The van der Waals surface area contributed by atoms with Gasteiger partial charge in [-0.25, -0.2) is 4.79 Å². The maximum absolute atomic E-state index is 12.0. The van der Waals surface area contributed by atoms with E-state index in [1.165, 1.54) is 0 Å². The molecule has 0 aromatic heterocycles. The van der Waals surface area contributed by atoms with Crippen molar-refractivity contribution in [1.29, 1.82) is 0 Å². The Morgan fingerprint density at radius 1 is 1.04 bits per heavy atom. The molecule has 0 saturated heterocycles. The van der Waals surface area contributed by atoms with E-state index in [0.29, 0.717) is 24.8 Å². The summed E-state index contributed by atoms with van der Waals surface area (Å²) >= 11 is 0. The molecule has 1 aromatic rings. The number of benzene rings is 1. The summed E-state index contributed by atoms with van der Waals surface area (Å²) in [6.45, 7) is 1.93. The van der Waals surface area contributed by atoms with Crippen LogP contribution in [0.25, 0.3) is 0 Å². The van der Waals surface area contributed by atoms with Gasteiger partial charge in [-0.1, -0.05) is 37.5 Å². The van der Waals surface area contributed by atoms with Crippen LogP contribution in [0.1, 0.15) is 67.3 Å². The van der Waals surface area contributed by atoms with E-state index in [4.69, 9.17) is 9.84 Å². The average Bonchev–Trinajstić information content (AvgIpc) is 2.54. The Morgan fingerprint density at radius 3 is 2.33 bits per heavy atom. The molecule has 0 radical (unpaired) electrons. The highest BCUT2D eigenvalue weighted by atomic mass is 16.5. The Bertz CT molecular complexity index is 566. The number of unbranched alkanes of at least 4 members (excludes halogenated alkanes) is 3. The van der Waals surface area contributed by atoms with Crippen LogP contribution >= 0.6 is 0 Å². The quantitative estimate of drug-likeness (QED) is 0.474. The largest absolute Gasteiger partial charge is 0.481 e. The molecule has 0 aliphatic heterocycles. The lowest BCUT2D eigenvalue weighted by molar-refractivity contribution is -0.139. The molecule has 6 nitrogen and oxygen atoms in total. The minimum atomic E-state index is -0.975. The lowest BCUT2D eigenvalue weighted by atomic mass is 9.89. The molecular formula is C18H24O6. The van der Waals surface area contributed by atoms with Crippen molar-refractivity contribution in [3.8, 4) is 0 Å². The summed E-state index contributed by atoms with van der Waals surface area (Å²) in [4.78, 5) is 34.1. The molecule has 0 heterocycles. The standard InChI is InChI=1S/C18H24O6/c1-2-24-18(23)15-11-8-7-9-13(15)14(17(21)22)10-5-3-4-6-12-16(19)20/h7-9,11,14H,2-6,10,12H2,1H3,(H,19,20)(H,21,22). The molecule has 1 rings (SSSR count). The summed E-state index contributed by atoms with van der Waals surface area (Å²) in [6.07, 6.45) is 3.30. The highest BCUT2D eigenvalue weighted by Gasteiger charge is 2.25. The molecule has 0 fully saturated rings. The van der Waals surface area contributed by atoms with Crippen LogP contribution in [-0.4, -0.2) is 34.7 Å². The predicted molar refractivity (Wildman–Crippen MR) is 88.1 cm³/mol. The SMILES string of the molecule is CCOC(=O)c1ccccc1C(CCCCCCC(=O)O)C(=O)O. The molecule has 0 aliphatic carbocycles. The molecule has 1 unspecified atom stereocenters.